The summed E-state index contributed by atoms with van der Waals surface area (Å²) in [5, 5.41) is 27.8. The van der Waals surface area contributed by atoms with Crippen LogP contribution in [0.1, 0.15) is 27.0 Å². The third-order valence-corrected chi connectivity index (χ3v) is 3.07. The lowest BCUT2D eigenvalue weighted by Crippen LogP contribution is -2.14. The molecule has 0 saturated carbocycles. The second-order valence-corrected chi connectivity index (χ2v) is 4.41. The van der Waals surface area contributed by atoms with E-state index in [1.807, 2.05) is 0 Å². The van der Waals surface area contributed by atoms with E-state index in [4.69, 9.17) is 10.4 Å². The van der Waals surface area contributed by atoms with Crippen LogP contribution in [0.2, 0.25) is 0 Å². The van der Waals surface area contributed by atoms with Gasteiger partial charge in [-0.15, -0.1) is 0 Å². The molecule has 2 aromatic rings. The number of benzene rings is 1. The van der Waals surface area contributed by atoms with Crippen molar-refractivity contribution >= 4 is 17.9 Å². The van der Waals surface area contributed by atoms with Crippen LogP contribution in [0.25, 0.3) is 0 Å². The highest BCUT2D eigenvalue weighted by molar-refractivity contribution is 5.95. The third kappa shape index (κ3) is 2.71. The maximum atomic E-state index is 11.5. The van der Waals surface area contributed by atoms with Crippen LogP contribution in [-0.2, 0) is 0 Å². The van der Waals surface area contributed by atoms with Crippen molar-refractivity contribution in [2.24, 2.45) is 4.99 Å². The number of pyridine rings is 1. The van der Waals surface area contributed by atoms with E-state index in [0.717, 1.165) is 0 Å². The Bertz CT molecular complexity index is 875. The van der Waals surface area contributed by atoms with E-state index in [0.29, 0.717) is 0 Å². The minimum absolute atomic E-state index is 0.000763. The first-order valence-electron chi connectivity index (χ1n) is 6.18. The van der Waals surface area contributed by atoms with Crippen LogP contribution in [0.5, 0.6) is 5.88 Å². The highest BCUT2D eigenvalue weighted by atomic mass is 16.4. The molecule has 0 fully saturated rings. The lowest BCUT2D eigenvalue weighted by atomic mass is 10.1. The highest BCUT2D eigenvalue weighted by Gasteiger charge is 2.13. The number of aromatic hydroxyl groups is 1. The van der Waals surface area contributed by atoms with Crippen molar-refractivity contribution in [3.05, 3.63) is 56.9 Å². The number of carbonyl (C=O) groups is 1. The number of nitriles is 1. The molecule has 0 aliphatic rings. The van der Waals surface area contributed by atoms with Crippen molar-refractivity contribution < 1.29 is 15.0 Å². The zero-order valence-electron chi connectivity index (χ0n) is 11.5. The summed E-state index contributed by atoms with van der Waals surface area (Å²) >= 11 is 0. The number of nitrogens with one attached hydrogen (secondary N) is 1. The SMILES string of the molecule is Cc1c(C=Nc2ccccc2C(=O)O)c(O)[nH]c(=O)c1C#N. The molecule has 0 atom stereocenters. The number of aromatic carboxylic acids is 1. The summed E-state index contributed by atoms with van der Waals surface area (Å²) in [7, 11) is 0. The molecule has 0 spiro atoms. The fourth-order valence-electron chi connectivity index (χ4n) is 1.91. The molecular weight excluding hydrogens is 286 g/mol. The van der Waals surface area contributed by atoms with Crippen LogP contribution in [0, 0.1) is 18.3 Å². The molecule has 0 aliphatic heterocycles. The summed E-state index contributed by atoms with van der Waals surface area (Å²) < 4.78 is 0. The van der Waals surface area contributed by atoms with E-state index in [1.54, 1.807) is 18.2 Å². The monoisotopic (exact) mass is 297 g/mol. The van der Waals surface area contributed by atoms with E-state index < -0.39 is 17.4 Å². The lowest BCUT2D eigenvalue weighted by Gasteiger charge is -2.05. The van der Waals surface area contributed by atoms with Crippen LogP contribution in [0.3, 0.4) is 0 Å². The summed E-state index contributed by atoms with van der Waals surface area (Å²) in [6.07, 6.45) is 1.21. The van der Waals surface area contributed by atoms with Gasteiger partial charge >= 0.3 is 5.97 Å². The Hall–Kier alpha value is -3.40. The van der Waals surface area contributed by atoms with Crippen LogP contribution < -0.4 is 5.56 Å². The van der Waals surface area contributed by atoms with Crippen molar-refractivity contribution in [3.8, 4) is 11.9 Å². The molecule has 1 heterocycles. The smallest absolute Gasteiger partial charge is 0.337 e. The Kier molecular flexibility index (Phi) is 4.04. The molecule has 0 amide bonds. The summed E-state index contributed by atoms with van der Waals surface area (Å²) in [5.74, 6) is -1.56. The quantitative estimate of drug-likeness (QED) is 0.743. The van der Waals surface area contributed by atoms with Gasteiger partial charge in [-0.1, -0.05) is 12.1 Å². The Morgan fingerprint density at radius 2 is 2.09 bits per heavy atom. The summed E-state index contributed by atoms with van der Waals surface area (Å²) in [6, 6.07) is 7.84. The number of hydrogen-bond donors (Lipinski definition) is 3. The van der Waals surface area contributed by atoms with Crippen molar-refractivity contribution in [2.75, 3.05) is 0 Å². The number of H-pyrrole nitrogens is 1. The summed E-state index contributed by atoms with van der Waals surface area (Å²) in [6.45, 7) is 1.50. The summed E-state index contributed by atoms with van der Waals surface area (Å²) in [4.78, 5) is 28.8. The molecule has 0 bridgehead atoms. The van der Waals surface area contributed by atoms with E-state index in [1.165, 1.54) is 25.3 Å². The van der Waals surface area contributed by atoms with Crippen molar-refractivity contribution in [2.45, 2.75) is 6.92 Å². The van der Waals surface area contributed by atoms with Gasteiger partial charge in [-0.2, -0.15) is 5.26 Å². The average molecular weight is 297 g/mol. The lowest BCUT2D eigenvalue weighted by molar-refractivity contribution is 0.0698. The fraction of sp³-hybridized carbons (Fsp3) is 0.0667. The molecule has 0 saturated heterocycles. The zero-order chi connectivity index (χ0) is 16.3. The number of hydrogen-bond acceptors (Lipinski definition) is 5. The molecule has 0 unspecified atom stereocenters. The number of carboxylic acids is 1. The van der Waals surface area contributed by atoms with Crippen LogP contribution in [0.15, 0.2) is 34.1 Å². The number of aromatic nitrogens is 1. The Morgan fingerprint density at radius 1 is 1.41 bits per heavy atom. The van der Waals surface area contributed by atoms with Gasteiger partial charge in [0.2, 0.25) is 5.88 Å². The zero-order valence-corrected chi connectivity index (χ0v) is 11.5. The van der Waals surface area contributed by atoms with Crippen molar-refractivity contribution in [3.63, 3.8) is 0 Å². The molecular formula is C15H11N3O4. The van der Waals surface area contributed by atoms with Crippen LogP contribution >= 0.6 is 0 Å². The van der Waals surface area contributed by atoms with Crippen LogP contribution in [0.4, 0.5) is 5.69 Å². The number of nitrogens with zero attached hydrogens (tertiary/aromatic N) is 2. The predicted octanol–water partition coefficient (Wildman–Crippen LogP) is 1.71. The first-order valence-corrected chi connectivity index (χ1v) is 6.18. The van der Waals surface area contributed by atoms with E-state index >= 15 is 0 Å². The minimum Gasteiger partial charge on any atom is -0.494 e. The second-order valence-electron chi connectivity index (χ2n) is 4.41. The minimum atomic E-state index is -1.13. The number of aromatic amines is 1. The molecule has 0 aliphatic carbocycles. The van der Waals surface area contributed by atoms with Crippen molar-refractivity contribution in [1.29, 1.82) is 5.26 Å². The number of aliphatic imine (C=N–C) groups is 1. The highest BCUT2D eigenvalue weighted by Crippen LogP contribution is 2.21. The van der Waals surface area contributed by atoms with E-state index in [2.05, 4.69) is 9.98 Å². The largest absolute Gasteiger partial charge is 0.494 e. The maximum absolute atomic E-state index is 11.5. The van der Waals surface area contributed by atoms with Gasteiger partial charge in [0.1, 0.15) is 11.6 Å². The topological polar surface area (TPSA) is 127 Å². The van der Waals surface area contributed by atoms with E-state index in [-0.39, 0.29) is 27.9 Å². The normalized spacial score (nSPS) is 10.5. The van der Waals surface area contributed by atoms with Crippen LogP contribution in [-0.4, -0.2) is 27.4 Å². The first-order chi connectivity index (χ1) is 10.5. The average Bonchev–Trinajstić information content (AvgIpc) is 2.47. The van der Waals surface area contributed by atoms with Crippen molar-refractivity contribution in [1.82, 2.24) is 4.98 Å². The number of rotatable bonds is 3. The Labute approximate surface area is 124 Å². The van der Waals surface area contributed by atoms with Gasteiger partial charge in [0, 0.05) is 6.21 Å². The standard InChI is InChI=1S/C15H11N3O4/c1-8-10(6-16)13(19)18-14(20)11(8)7-17-12-5-3-2-4-9(12)15(21)22/h2-5,7H,1H3,(H,21,22)(H2,18,19,20). The molecule has 1 aromatic carbocycles. The Balaban J connectivity index is 2.55. The third-order valence-electron chi connectivity index (χ3n) is 3.07. The van der Waals surface area contributed by atoms with E-state index in [9.17, 15) is 14.7 Å². The molecule has 2 rings (SSSR count). The van der Waals surface area contributed by atoms with Gasteiger partial charge in [-0.3, -0.25) is 14.8 Å². The van der Waals surface area contributed by atoms with Gasteiger partial charge in [0.05, 0.1) is 16.8 Å². The fourth-order valence-corrected chi connectivity index (χ4v) is 1.91. The molecule has 22 heavy (non-hydrogen) atoms. The molecule has 7 heteroatoms. The number of para-hydroxylation sites is 1. The Morgan fingerprint density at radius 3 is 2.73 bits per heavy atom. The van der Waals surface area contributed by atoms with Gasteiger partial charge in [0.25, 0.3) is 5.56 Å². The summed E-state index contributed by atoms with van der Waals surface area (Å²) in [5.41, 5.74) is -0.220. The maximum Gasteiger partial charge on any atom is 0.337 e. The molecule has 1 aromatic heterocycles. The van der Waals surface area contributed by atoms with Gasteiger partial charge in [-0.25, -0.2) is 4.79 Å². The first kappa shape index (κ1) is 15.0. The van der Waals surface area contributed by atoms with Gasteiger partial charge in [0.15, 0.2) is 0 Å². The predicted molar refractivity (Wildman–Crippen MR) is 78.8 cm³/mol. The molecule has 3 N–H and O–H groups in total. The number of carboxylic acid groups (broad SMARTS) is 1. The van der Waals surface area contributed by atoms with Gasteiger partial charge < -0.3 is 10.2 Å². The molecule has 110 valence electrons. The molecule has 7 nitrogen and oxygen atoms in total. The second kappa shape index (κ2) is 5.93. The molecule has 0 radical (unpaired) electrons. The van der Waals surface area contributed by atoms with Gasteiger partial charge in [-0.05, 0) is 24.6 Å².